The number of aromatic nitrogens is 2. The molecule has 19 heavy (non-hydrogen) atoms. The lowest BCUT2D eigenvalue weighted by atomic mass is 10.1. The van der Waals surface area contributed by atoms with Gasteiger partial charge in [0.15, 0.2) is 0 Å². The molecule has 0 radical (unpaired) electrons. The number of hydrogen-bond donors (Lipinski definition) is 1. The van der Waals surface area contributed by atoms with Crippen molar-refractivity contribution in [3.63, 3.8) is 0 Å². The van der Waals surface area contributed by atoms with Crippen LogP contribution in [0.25, 0.3) is 0 Å². The number of aryl methyl sites for hydroxylation is 2. The van der Waals surface area contributed by atoms with Gasteiger partial charge in [-0.15, -0.1) is 0 Å². The third-order valence-corrected chi connectivity index (χ3v) is 4.17. The first-order chi connectivity index (χ1) is 9.05. The van der Waals surface area contributed by atoms with E-state index in [-0.39, 0.29) is 4.90 Å². The Morgan fingerprint density at radius 1 is 1.32 bits per heavy atom. The highest BCUT2D eigenvalue weighted by Gasteiger charge is 2.16. The van der Waals surface area contributed by atoms with Gasteiger partial charge in [-0.3, -0.25) is 9.40 Å². The Balaban J connectivity index is 2.25. The van der Waals surface area contributed by atoms with Crippen LogP contribution in [-0.2, 0) is 23.0 Å². The second kappa shape index (κ2) is 5.44. The molecule has 0 unspecified atom stereocenters. The monoisotopic (exact) mass is 279 g/mol. The summed E-state index contributed by atoms with van der Waals surface area (Å²) >= 11 is 0. The quantitative estimate of drug-likeness (QED) is 0.913. The fraction of sp³-hybridized carbons (Fsp3) is 0.308. The lowest BCUT2D eigenvalue weighted by molar-refractivity contribution is 0.600. The maximum absolute atomic E-state index is 12.2. The fourth-order valence-corrected chi connectivity index (χ4v) is 2.73. The number of nitrogens with zero attached hydrogens (tertiary/aromatic N) is 2. The van der Waals surface area contributed by atoms with E-state index in [2.05, 4.69) is 9.82 Å². The standard InChI is InChI=1S/C13H17N3O2S/c1-3-11-6-5-7-12(8-11)15-19(17,18)13-9-14-16(4-2)10-13/h5-10,15H,3-4H2,1-2H3. The first-order valence-corrected chi connectivity index (χ1v) is 7.67. The predicted octanol–water partition coefficient (Wildman–Crippen LogP) is 2.27. The minimum atomic E-state index is -3.56. The third-order valence-electron chi connectivity index (χ3n) is 2.83. The molecule has 2 rings (SSSR count). The maximum Gasteiger partial charge on any atom is 0.265 e. The Labute approximate surface area is 113 Å². The summed E-state index contributed by atoms with van der Waals surface area (Å²) in [6.45, 7) is 4.57. The first-order valence-electron chi connectivity index (χ1n) is 6.19. The zero-order valence-corrected chi connectivity index (χ0v) is 11.8. The number of sulfonamides is 1. The van der Waals surface area contributed by atoms with Gasteiger partial charge in [-0.2, -0.15) is 5.10 Å². The molecule has 0 aliphatic carbocycles. The van der Waals surface area contributed by atoms with Crippen molar-refractivity contribution in [2.24, 2.45) is 0 Å². The average Bonchev–Trinajstić information content (AvgIpc) is 2.88. The summed E-state index contributed by atoms with van der Waals surface area (Å²) in [5, 5.41) is 3.97. The molecule has 1 heterocycles. The van der Waals surface area contributed by atoms with Crippen molar-refractivity contribution >= 4 is 15.7 Å². The van der Waals surface area contributed by atoms with Crippen LogP contribution in [-0.4, -0.2) is 18.2 Å². The van der Waals surface area contributed by atoms with Crippen LogP contribution in [0.4, 0.5) is 5.69 Å². The molecule has 0 atom stereocenters. The Hall–Kier alpha value is -1.82. The van der Waals surface area contributed by atoms with Crippen molar-refractivity contribution in [1.29, 1.82) is 0 Å². The summed E-state index contributed by atoms with van der Waals surface area (Å²) in [6.07, 6.45) is 3.74. The van der Waals surface area contributed by atoms with E-state index in [0.29, 0.717) is 12.2 Å². The van der Waals surface area contributed by atoms with Crippen LogP contribution in [0.15, 0.2) is 41.6 Å². The number of anilines is 1. The molecule has 2 aromatic rings. The topological polar surface area (TPSA) is 64.0 Å². The van der Waals surface area contributed by atoms with Crippen molar-refractivity contribution in [2.45, 2.75) is 31.7 Å². The normalized spacial score (nSPS) is 11.5. The van der Waals surface area contributed by atoms with Crippen LogP contribution < -0.4 is 4.72 Å². The molecule has 0 aliphatic rings. The second-order valence-corrected chi connectivity index (χ2v) is 5.87. The summed E-state index contributed by atoms with van der Waals surface area (Å²) in [5.74, 6) is 0. The van der Waals surface area contributed by atoms with E-state index in [1.54, 1.807) is 10.7 Å². The molecule has 0 bridgehead atoms. The molecule has 0 spiro atoms. The average molecular weight is 279 g/mol. The predicted molar refractivity (Wildman–Crippen MR) is 74.5 cm³/mol. The number of nitrogens with one attached hydrogen (secondary N) is 1. The van der Waals surface area contributed by atoms with E-state index in [1.165, 1.54) is 12.4 Å². The molecule has 1 aromatic carbocycles. The van der Waals surface area contributed by atoms with E-state index in [9.17, 15) is 8.42 Å². The van der Waals surface area contributed by atoms with Crippen LogP contribution in [0, 0.1) is 0 Å². The zero-order chi connectivity index (χ0) is 13.9. The van der Waals surface area contributed by atoms with E-state index >= 15 is 0 Å². The zero-order valence-electron chi connectivity index (χ0n) is 11.0. The van der Waals surface area contributed by atoms with E-state index in [0.717, 1.165) is 12.0 Å². The van der Waals surface area contributed by atoms with Crippen LogP contribution in [0.1, 0.15) is 19.4 Å². The lowest BCUT2D eigenvalue weighted by Crippen LogP contribution is -2.12. The van der Waals surface area contributed by atoms with Crippen LogP contribution in [0.5, 0.6) is 0 Å². The van der Waals surface area contributed by atoms with Crippen LogP contribution >= 0.6 is 0 Å². The first kappa shape index (κ1) is 13.6. The molecule has 5 nitrogen and oxygen atoms in total. The van der Waals surface area contributed by atoms with Gasteiger partial charge < -0.3 is 0 Å². The highest BCUT2D eigenvalue weighted by atomic mass is 32.2. The molecule has 0 saturated heterocycles. The van der Waals surface area contributed by atoms with Gasteiger partial charge in [-0.25, -0.2) is 8.42 Å². The van der Waals surface area contributed by atoms with Crippen LogP contribution in [0.3, 0.4) is 0 Å². The highest BCUT2D eigenvalue weighted by molar-refractivity contribution is 7.92. The smallest absolute Gasteiger partial charge is 0.265 e. The second-order valence-electron chi connectivity index (χ2n) is 4.19. The number of benzene rings is 1. The molecule has 102 valence electrons. The van der Waals surface area contributed by atoms with Gasteiger partial charge in [0, 0.05) is 18.4 Å². The summed E-state index contributed by atoms with van der Waals surface area (Å²) in [7, 11) is -3.56. The Bertz CT molecular complexity index is 662. The van der Waals surface area contributed by atoms with Crippen molar-refractivity contribution in [1.82, 2.24) is 9.78 Å². The summed E-state index contributed by atoms with van der Waals surface area (Å²) in [5.41, 5.74) is 1.66. The molecular formula is C13H17N3O2S. The lowest BCUT2D eigenvalue weighted by Gasteiger charge is -2.07. The molecule has 0 aliphatic heterocycles. The van der Waals surface area contributed by atoms with Gasteiger partial charge in [-0.05, 0) is 31.0 Å². The minimum absolute atomic E-state index is 0.177. The molecular weight excluding hydrogens is 262 g/mol. The Morgan fingerprint density at radius 3 is 2.74 bits per heavy atom. The Morgan fingerprint density at radius 2 is 2.11 bits per heavy atom. The molecule has 1 N–H and O–H groups in total. The summed E-state index contributed by atoms with van der Waals surface area (Å²) < 4.78 is 28.5. The van der Waals surface area contributed by atoms with Gasteiger partial charge in [0.1, 0.15) is 4.90 Å². The summed E-state index contributed by atoms with van der Waals surface area (Å²) in [6, 6.07) is 7.38. The fourth-order valence-electron chi connectivity index (χ4n) is 1.73. The van der Waals surface area contributed by atoms with Crippen LogP contribution in [0.2, 0.25) is 0 Å². The molecule has 1 aromatic heterocycles. The number of rotatable bonds is 5. The third kappa shape index (κ3) is 3.14. The summed E-state index contributed by atoms with van der Waals surface area (Å²) in [4.78, 5) is 0.177. The van der Waals surface area contributed by atoms with Crippen molar-refractivity contribution < 1.29 is 8.42 Å². The molecule has 0 fully saturated rings. The van der Waals surface area contributed by atoms with Gasteiger partial charge in [0.25, 0.3) is 10.0 Å². The van der Waals surface area contributed by atoms with Gasteiger partial charge >= 0.3 is 0 Å². The SMILES string of the molecule is CCc1cccc(NS(=O)(=O)c2cnn(CC)c2)c1. The molecule has 6 heteroatoms. The van der Waals surface area contributed by atoms with Gasteiger partial charge in [0.2, 0.25) is 0 Å². The van der Waals surface area contributed by atoms with E-state index in [1.807, 2.05) is 32.0 Å². The minimum Gasteiger partial charge on any atom is -0.280 e. The van der Waals surface area contributed by atoms with Gasteiger partial charge in [-0.1, -0.05) is 19.1 Å². The van der Waals surface area contributed by atoms with Gasteiger partial charge in [0.05, 0.1) is 6.20 Å². The van der Waals surface area contributed by atoms with Crippen molar-refractivity contribution in [3.8, 4) is 0 Å². The Kier molecular flexibility index (Phi) is 3.90. The molecule has 0 saturated carbocycles. The van der Waals surface area contributed by atoms with E-state index < -0.39 is 10.0 Å². The molecule has 0 amide bonds. The van der Waals surface area contributed by atoms with Crippen molar-refractivity contribution in [2.75, 3.05) is 4.72 Å². The highest BCUT2D eigenvalue weighted by Crippen LogP contribution is 2.17. The van der Waals surface area contributed by atoms with Crippen molar-refractivity contribution in [3.05, 3.63) is 42.2 Å². The number of hydrogen-bond acceptors (Lipinski definition) is 3. The van der Waals surface area contributed by atoms with E-state index in [4.69, 9.17) is 0 Å². The largest absolute Gasteiger partial charge is 0.280 e. The maximum atomic E-state index is 12.2.